The van der Waals surface area contributed by atoms with Crippen LogP contribution in [0.1, 0.15) is 46.6 Å². The van der Waals surface area contributed by atoms with Crippen molar-refractivity contribution < 1.29 is 9.18 Å². The van der Waals surface area contributed by atoms with Gasteiger partial charge in [0.2, 0.25) is 5.01 Å². The first kappa shape index (κ1) is 23.8. The van der Waals surface area contributed by atoms with Crippen LogP contribution in [0.15, 0.2) is 24.4 Å². The van der Waals surface area contributed by atoms with Crippen LogP contribution in [0, 0.1) is 5.82 Å². The van der Waals surface area contributed by atoms with Gasteiger partial charge >= 0.3 is 0 Å². The SMILES string of the molecule is CCCCC(Cc1c[nH]c2ccc(F)cc12)NC(=O)c1nnc(CCN2CCN(C)CC2)s1. The van der Waals surface area contributed by atoms with E-state index in [-0.39, 0.29) is 17.8 Å². The average Bonchev–Trinajstić information content (AvgIpc) is 3.44. The molecule has 178 valence electrons. The summed E-state index contributed by atoms with van der Waals surface area (Å²) in [5.41, 5.74) is 1.91. The fraction of sp³-hybridized carbons (Fsp3) is 0.542. The summed E-state index contributed by atoms with van der Waals surface area (Å²) in [4.78, 5) is 20.9. The highest BCUT2D eigenvalue weighted by Gasteiger charge is 2.20. The molecule has 1 saturated heterocycles. The van der Waals surface area contributed by atoms with Gasteiger partial charge in [-0.2, -0.15) is 0 Å². The quantitative estimate of drug-likeness (QED) is 0.472. The summed E-state index contributed by atoms with van der Waals surface area (Å²) in [6.07, 6.45) is 6.28. The van der Waals surface area contributed by atoms with E-state index in [0.29, 0.717) is 11.4 Å². The van der Waals surface area contributed by atoms with Crippen LogP contribution in [-0.4, -0.2) is 76.7 Å². The molecule has 1 aliphatic heterocycles. The number of hydrogen-bond donors (Lipinski definition) is 2. The van der Waals surface area contributed by atoms with Crippen LogP contribution in [0.2, 0.25) is 0 Å². The molecule has 2 N–H and O–H groups in total. The summed E-state index contributed by atoms with van der Waals surface area (Å²) in [6, 6.07) is 4.71. The molecule has 1 unspecified atom stereocenters. The number of nitrogens with zero attached hydrogens (tertiary/aromatic N) is 4. The Morgan fingerprint density at radius 2 is 2.09 bits per heavy atom. The van der Waals surface area contributed by atoms with Gasteiger partial charge in [0.15, 0.2) is 0 Å². The first-order valence-electron chi connectivity index (χ1n) is 11.8. The van der Waals surface area contributed by atoms with Gasteiger partial charge in [-0.3, -0.25) is 4.79 Å². The van der Waals surface area contributed by atoms with Gasteiger partial charge in [-0.25, -0.2) is 4.39 Å². The number of hydrogen-bond acceptors (Lipinski definition) is 6. The number of unbranched alkanes of at least 4 members (excludes halogenated alkanes) is 1. The van der Waals surface area contributed by atoms with Gasteiger partial charge in [0.25, 0.3) is 5.91 Å². The second-order valence-corrected chi connectivity index (χ2v) is 9.98. The number of likely N-dealkylation sites (N-methyl/N-ethyl adjacent to an activating group) is 1. The molecule has 3 heterocycles. The molecule has 1 amide bonds. The minimum atomic E-state index is -0.254. The molecule has 0 saturated carbocycles. The Hall–Kier alpha value is -2.36. The van der Waals surface area contributed by atoms with Crippen molar-refractivity contribution in [1.82, 2.24) is 30.3 Å². The zero-order valence-corrected chi connectivity index (χ0v) is 20.3. The predicted molar refractivity (Wildman–Crippen MR) is 130 cm³/mol. The van der Waals surface area contributed by atoms with Crippen LogP contribution in [0.3, 0.4) is 0 Å². The number of carbonyl (C=O) groups is 1. The standard InChI is InChI=1S/C24H33FN6OS/c1-3-4-5-19(14-17-16-26-21-7-6-18(25)15-20(17)21)27-23(32)24-29-28-22(33-24)8-9-31-12-10-30(2)11-13-31/h6-7,15-16,19,26H,3-5,8-14H2,1-2H3,(H,27,32). The Kier molecular flexibility index (Phi) is 8.06. The number of aromatic amines is 1. The lowest BCUT2D eigenvalue weighted by molar-refractivity contribution is 0.0933. The monoisotopic (exact) mass is 472 g/mol. The first-order chi connectivity index (χ1) is 16.0. The lowest BCUT2D eigenvalue weighted by Crippen LogP contribution is -2.45. The van der Waals surface area contributed by atoms with Gasteiger partial charge in [-0.05, 0) is 43.7 Å². The minimum Gasteiger partial charge on any atom is -0.361 e. The highest BCUT2D eigenvalue weighted by molar-refractivity contribution is 7.13. The van der Waals surface area contributed by atoms with Crippen LogP contribution in [-0.2, 0) is 12.8 Å². The van der Waals surface area contributed by atoms with Gasteiger partial charge in [0, 0.05) is 62.3 Å². The fourth-order valence-corrected chi connectivity index (χ4v) is 5.01. The van der Waals surface area contributed by atoms with Crippen molar-refractivity contribution in [2.24, 2.45) is 0 Å². The zero-order chi connectivity index (χ0) is 23.2. The van der Waals surface area contributed by atoms with Crippen molar-refractivity contribution in [2.75, 3.05) is 39.8 Å². The zero-order valence-electron chi connectivity index (χ0n) is 19.4. The highest BCUT2D eigenvalue weighted by atomic mass is 32.1. The molecular weight excluding hydrogens is 439 g/mol. The number of piperazine rings is 1. The van der Waals surface area contributed by atoms with Crippen LogP contribution >= 0.6 is 11.3 Å². The number of aromatic nitrogens is 3. The third-order valence-electron chi connectivity index (χ3n) is 6.34. The summed E-state index contributed by atoms with van der Waals surface area (Å²) in [5, 5.41) is 13.7. The van der Waals surface area contributed by atoms with E-state index in [4.69, 9.17) is 0 Å². The third kappa shape index (κ3) is 6.37. The molecule has 1 aromatic carbocycles. The predicted octanol–water partition coefficient (Wildman–Crippen LogP) is 3.48. The average molecular weight is 473 g/mol. The van der Waals surface area contributed by atoms with Gasteiger partial charge in [-0.1, -0.05) is 31.1 Å². The molecule has 1 fully saturated rings. The number of benzene rings is 1. The second-order valence-electron chi connectivity index (χ2n) is 8.92. The number of nitrogens with one attached hydrogen (secondary N) is 2. The number of amides is 1. The molecule has 3 aromatic rings. The second kappa shape index (κ2) is 11.2. The smallest absolute Gasteiger partial charge is 0.282 e. The molecule has 0 spiro atoms. The number of carbonyl (C=O) groups excluding carboxylic acids is 1. The van der Waals surface area contributed by atoms with Gasteiger partial charge in [0.05, 0.1) is 0 Å². The third-order valence-corrected chi connectivity index (χ3v) is 7.32. The summed E-state index contributed by atoms with van der Waals surface area (Å²) >= 11 is 1.38. The van der Waals surface area contributed by atoms with E-state index >= 15 is 0 Å². The molecular formula is C24H33FN6OS. The van der Waals surface area contributed by atoms with Crippen molar-refractivity contribution in [1.29, 1.82) is 0 Å². The summed E-state index contributed by atoms with van der Waals surface area (Å²) in [6.45, 7) is 7.40. The summed E-state index contributed by atoms with van der Waals surface area (Å²) < 4.78 is 13.8. The van der Waals surface area contributed by atoms with Crippen LogP contribution in [0.5, 0.6) is 0 Å². The van der Waals surface area contributed by atoms with Crippen molar-refractivity contribution in [3.63, 3.8) is 0 Å². The molecule has 33 heavy (non-hydrogen) atoms. The number of halogens is 1. The van der Waals surface area contributed by atoms with E-state index in [0.717, 1.165) is 79.9 Å². The molecule has 2 aromatic heterocycles. The molecule has 0 bridgehead atoms. The van der Waals surface area contributed by atoms with Gasteiger partial charge in [-0.15, -0.1) is 10.2 Å². The molecule has 1 aliphatic rings. The van der Waals surface area contributed by atoms with Crippen molar-refractivity contribution >= 4 is 28.1 Å². The van der Waals surface area contributed by atoms with E-state index in [1.165, 1.54) is 17.4 Å². The number of H-pyrrole nitrogens is 1. The Morgan fingerprint density at radius 3 is 2.88 bits per heavy atom. The molecule has 0 aliphatic carbocycles. The lowest BCUT2D eigenvalue weighted by Gasteiger charge is -2.32. The lowest BCUT2D eigenvalue weighted by atomic mass is 10.0. The highest BCUT2D eigenvalue weighted by Crippen LogP contribution is 2.22. The van der Waals surface area contributed by atoms with E-state index in [1.54, 1.807) is 12.1 Å². The van der Waals surface area contributed by atoms with Crippen molar-refractivity contribution in [2.45, 2.75) is 45.1 Å². The van der Waals surface area contributed by atoms with E-state index in [9.17, 15) is 9.18 Å². The van der Waals surface area contributed by atoms with E-state index in [1.807, 2.05) is 6.20 Å². The number of fused-ring (bicyclic) bond motifs is 1. The Bertz CT molecular complexity index is 1060. The van der Waals surface area contributed by atoms with Crippen molar-refractivity contribution in [3.05, 3.63) is 45.8 Å². The molecule has 4 rings (SSSR count). The topological polar surface area (TPSA) is 77.1 Å². The maximum atomic E-state index is 13.8. The minimum absolute atomic E-state index is 0.0441. The maximum absolute atomic E-state index is 13.8. The molecule has 0 radical (unpaired) electrons. The summed E-state index contributed by atoms with van der Waals surface area (Å²) in [5.74, 6) is -0.430. The largest absolute Gasteiger partial charge is 0.361 e. The van der Waals surface area contributed by atoms with E-state index in [2.05, 4.69) is 44.3 Å². The molecule has 9 heteroatoms. The van der Waals surface area contributed by atoms with Crippen LogP contribution in [0.4, 0.5) is 4.39 Å². The number of rotatable bonds is 10. The Labute approximate surface area is 198 Å². The van der Waals surface area contributed by atoms with Gasteiger partial charge in [0.1, 0.15) is 10.8 Å². The van der Waals surface area contributed by atoms with Gasteiger partial charge < -0.3 is 20.1 Å². The first-order valence-corrected chi connectivity index (χ1v) is 12.6. The van der Waals surface area contributed by atoms with E-state index < -0.39 is 0 Å². The fourth-order valence-electron chi connectivity index (χ4n) is 4.28. The maximum Gasteiger partial charge on any atom is 0.282 e. The Balaban J connectivity index is 1.36. The Morgan fingerprint density at radius 1 is 1.27 bits per heavy atom. The normalized spacial score (nSPS) is 16.3. The van der Waals surface area contributed by atoms with Crippen molar-refractivity contribution in [3.8, 4) is 0 Å². The van der Waals surface area contributed by atoms with Crippen LogP contribution < -0.4 is 5.32 Å². The molecule has 1 atom stereocenters. The van der Waals surface area contributed by atoms with Crippen LogP contribution in [0.25, 0.3) is 10.9 Å². The molecule has 7 nitrogen and oxygen atoms in total. The summed E-state index contributed by atoms with van der Waals surface area (Å²) in [7, 11) is 2.15.